The molecule has 1 saturated carbocycles. The summed E-state index contributed by atoms with van der Waals surface area (Å²) in [6, 6.07) is 9.89. The molecule has 2 aromatic carbocycles. The number of carbonyl (C=O) groups excluding carboxylic acids is 5. The van der Waals surface area contributed by atoms with Crippen LogP contribution >= 0.6 is 11.6 Å². The van der Waals surface area contributed by atoms with E-state index in [1.54, 1.807) is 24.3 Å². The molecule has 0 spiro atoms. The lowest BCUT2D eigenvalue weighted by Gasteiger charge is -2.27. The number of rotatable bonds is 15. The summed E-state index contributed by atoms with van der Waals surface area (Å²) in [6.45, 7) is 1.95. The van der Waals surface area contributed by atoms with E-state index >= 15 is 0 Å². The molecule has 0 unspecified atom stereocenters. The molecule has 3 amide bonds. The van der Waals surface area contributed by atoms with Gasteiger partial charge in [-0.15, -0.1) is 0 Å². The Labute approximate surface area is 272 Å². The normalized spacial score (nSPS) is 16.0. The first-order valence-electron chi connectivity index (χ1n) is 14.6. The topological polar surface area (TPSA) is 131 Å². The van der Waals surface area contributed by atoms with E-state index in [0.29, 0.717) is 29.2 Å². The van der Waals surface area contributed by atoms with Crippen molar-refractivity contribution in [2.24, 2.45) is 11.8 Å². The average molecular weight is 688 g/mol. The van der Waals surface area contributed by atoms with Gasteiger partial charge in [0.05, 0.1) is 12.5 Å². The van der Waals surface area contributed by atoms with Crippen LogP contribution in [-0.2, 0) is 29.4 Å². The fraction of sp³-hybridized carbons (Fsp3) is 0.469. The number of ketones is 2. The highest BCUT2D eigenvalue weighted by molar-refractivity contribution is 6.30. The van der Waals surface area contributed by atoms with Gasteiger partial charge in [-0.25, -0.2) is 0 Å². The Bertz CT molecular complexity index is 1490. The lowest BCUT2D eigenvalue weighted by molar-refractivity contribution is -0.167. The molecular formula is C32H35ClF5N3O6. The van der Waals surface area contributed by atoms with E-state index in [4.69, 9.17) is 16.3 Å². The molecule has 3 rings (SSSR count). The van der Waals surface area contributed by atoms with E-state index in [9.17, 15) is 45.9 Å². The molecule has 256 valence electrons. The third-order valence-electron chi connectivity index (χ3n) is 7.97. The maximum atomic E-state index is 14.8. The molecule has 2 aromatic rings. The molecule has 1 aliphatic carbocycles. The number of benzene rings is 2. The molecule has 0 aromatic heterocycles. The lowest BCUT2D eigenvalue weighted by atomic mass is 9.82. The predicted octanol–water partition coefficient (Wildman–Crippen LogP) is 4.86. The number of carbonyl (C=O) groups is 5. The van der Waals surface area contributed by atoms with Gasteiger partial charge in [0.1, 0.15) is 24.4 Å². The van der Waals surface area contributed by atoms with Crippen molar-refractivity contribution in [3.05, 3.63) is 64.7 Å². The van der Waals surface area contributed by atoms with Gasteiger partial charge in [0.2, 0.25) is 17.6 Å². The highest BCUT2D eigenvalue weighted by atomic mass is 35.5. The van der Waals surface area contributed by atoms with E-state index in [0.717, 1.165) is 5.32 Å². The summed E-state index contributed by atoms with van der Waals surface area (Å²) in [4.78, 5) is 64.9. The van der Waals surface area contributed by atoms with Crippen LogP contribution in [0.15, 0.2) is 48.5 Å². The maximum Gasteiger partial charge on any atom is 0.405 e. The summed E-state index contributed by atoms with van der Waals surface area (Å²) in [5.41, 5.74) is -0.0211. The van der Waals surface area contributed by atoms with Gasteiger partial charge in [-0.3, -0.25) is 24.0 Å². The summed E-state index contributed by atoms with van der Waals surface area (Å²) in [5, 5.41) is 6.59. The number of ether oxygens (including phenoxy) is 1. The molecule has 15 heteroatoms. The zero-order valence-electron chi connectivity index (χ0n) is 26.0. The number of Topliss-reactive ketones (excluding diaryl/α,β-unsaturated/α-hetero) is 2. The quantitative estimate of drug-likeness (QED) is 0.181. The van der Waals surface area contributed by atoms with Crippen molar-refractivity contribution in [3.8, 4) is 5.75 Å². The number of hydrogen-bond acceptors (Lipinski definition) is 6. The second-order valence-electron chi connectivity index (χ2n) is 11.8. The molecule has 1 aliphatic rings. The van der Waals surface area contributed by atoms with Gasteiger partial charge in [0.15, 0.2) is 5.78 Å². The molecule has 0 aliphatic heterocycles. The fourth-order valence-corrected chi connectivity index (χ4v) is 5.16. The number of hydrogen-bond donors (Lipinski definition) is 3. The summed E-state index contributed by atoms with van der Waals surface area (Å²) in [6.07, 6.45) is -4.86. The summed E-state index contributed by atoms with van der Waals surface area (Å²) in [5.74, 6) is -13.9. The largest absolute Gasteiger partial charge is 0.497 e. The van der Waals surface area contributed by atoms with Crippen LogP contribution in [-0.4, -0.2) is 61.1 Å². The Morgan fingerprint density at radius 3 is 2.06 bits per heavy atom. The Kier molecular flexibility index (Phi) is 11.8. The molecule has 47 heavy (non-hydrogen) atoms. The number of halogens is 6. The molecule has 1 fully saturated rings. The minimum atomic E-state index is -5.00. The first kappa shape index (κ1) is 37.4. The third kappa shape index (κ3) is 9.27. The van der Waals surface area contributed by atoms with Crippen LogP contribution in [0.5, 0.6) is 5.75 Å². The maximum absolute atomic E-state index is 14.8. The molecule has 0 saturated heterocycles. The van der Waals surface area contributed by atoms with Crippen LogP contribution in [0.1, 0.15) is 57.2 Å². The number of methoxy groups -OCH3 is 1. The van der Waals surface area contributed by atoms with Crippen molar-refractivity contribution in [3.63, 3.8) is 0 Å². The van der Waals surface area contributed by atoms with Gasteiger partial charge in [-0.1, -0.05) is 49.7 Å². The second-order valence-corrected chi connectivity index (χ2v) is 12.2. The minimum Gasteiger partial charge on any atom is -0.497 e. The van der Waals surface area contributed by atoms with Crippen LogP contribution in [0.3, 0.4) is 0 Å². The highest BCUT2D eigenvalue weighted by Crippen LogP contribution is 2.49. The zero-order chi connectivity index (χ0) is 35.3. The highest BCUT2D eigenvalue weighted by Gasteiger charge is 2.53. The van der Waals surface area contributed by atoms with Crippen molar-refractivity contribution in [1.82, 2.24) is 16.0 Å². The van der Waals surface area contributed by atoms with Crippen molar-refractivity contribution in [2.75, 3.05) is 13.7 Å². The van der Waals surface area contributed by atoms with Gasteiger partial charge in [-0.05, 0) is 61.1 Å². The van der Waals surface area contributed by atoms with Crippen LogP contribution in [0.2, 0.25) is 5.02 Å². The minimum absolute atomic E-state index is 0.185. The third-order valence-corrected chi connectivity index (χ3v) is 8.20. The van der Waals surface area contributed by atoms with Crippen LogP contribution in [0.4, 0.5) is 22.0 Å². The van der Waals surface area contributed by atoms with Gasteiger partial charge < -0.3 is 20.7 Å². The van der Waals surface area contributed by atoms with E-state index in [1.165, 1.54) is 52.1 Å². The monoisotopic (exact) mass is 687 g/mol. The number of nitrogens with one attached hydrogen (secondary N) is 3. The fourth-order valence-electron chi connectivity index (χ4n) is 4.97. The molecule has 3 atom stereocenters. The molecule has 9 nitrogen and oxygen atoms in total. The molecule has 0 bridgehead atoms. The van der Waals surface area contributed by atoms with E-state index in [-0.39, 0.29) is 5.56 Å². The van der Waals surface area contributed by atoms with Crippen LogP contribution in [0, 0.1) is 11.8 Å². The smallest absolute Gasteiger partial charge is 0.405 e. The van der Waals surface area contributed by atoms with E-state index in [1.807, 2.05) is 0 Å². The van der Waals surface area contributed by atoms with Crippen molar-refractivity contribution in [2.45, 2.75) is 69.6 Å². The first-order valence-corrected chi connectivity index (χ1v) is 15.0. The average Bonchev–Trinajstić information content (AvgIpc) is 3.82. The number of alkyl halides is 5. The first-order chi connectivity index (χ1) is 21.8. The van der Waals surface area contributed by atoms with Crippen LogP contribution in [0.25, 0.3) is 0 Å². The SMILES string of the molecule is COc1ccc([C@H](NC(=O)[C@H](C)NC(=O)C2(c3cccc(Cl)c3)CC2)C(=O)C[C@H](C(=O)C(F)(F)C(=O)NCC(F)(F)F)C(C)C)cc1. The van der Waals surface area contributed by atoms with Crippen molar-refractivity contribution in [1.29, 1.82) is 0 Å². The van der Waals surface area contributed by atoms with E-state index in [2.05, 4.69) is 10.6 Å². The Balaban J connectivity index is 1.81. The summed E-state index contributed by atoms with van der Waals surface area (Å²) in [7, 11) is 1.39. The van der Waals surface area contributed by atoms with Gasteiger partial charge in [0.25, 0.3) is 5.91 Å². The van der Waals surface area contributed by atoms with E-state index < -0.39 is 83.7 Å². The predicted molar refractivity (Wildman–Crippen MR) is 161 cm³/mol. The standard InChI is InChI=1S/C32H35ClF5N3O6/c1-17(2)23(26(43)32(37,38)29(46)39-16-31(34,35)36)15-24(42)25(19-8-10-22(47-4)11-9-19)41-27(44)18(3)40-28(45)30(12-13-30)20-6-5-7-21(33)14-20/h5-11,14,17-18,23,25H,12-13,15-16H2,1-4H3,(H,39,46)(H,40,45)(H,41,44)/t18-,23-,25-/m0/s1. The van der Waals surface area contributed by atoms with Gasteiger partial charge >= 0.3 is 12.1 Å². The summed E-state index contributed by atoms with van der Waals surface area (Å²) >= 11 is 6.09. The van der Waals surface area contributed by atoms with Crippen molar-refractivity contribution < 1.29 is 50.7 Å². The molecule has 0 heterocycles. The lowest BCUT2D eigenvalue weighted by Crippen LogP contribution is -2.52. The Hall–Kier alpha value is -4.07. The zero-order valence-corrected chi connectivity index (χ0v) is 26.7. The van der Waals surface area contributed by atoms with Crippen LogP contribution < -0.4 is 20.7 Å². The van der Waals surface area contributed by atoms with Gasteiger partial charge in [0, 0.05) is 17.4 Å². The summed E-state index contributed by atoms with van der Waals surface area (Å²) < 4.78 is 72.1. The molecular weight excluding hydrogens is 653 g/mol. The van der Waals surface area contributed by atoms with Gasteiger partial charge in [-0.2, -0.15) is 22.0 Å². The molecule has 0 radical (unpaired) electrons. The molecule has 3 N–H and O–H groups in total. The van der Waals surface area contributed by atoms with Crippen molar-refractivity contribution >= 4 is 40.9 Å². The Morgan fingerprint density at radius 2 is 1.55 bits per heavy atom. The number of amides is 3. The Morgan fingerprint density at radius 1 is 0.936 bits per heavy atom. The second kappa shape index (κ2) is 14.8.